The third kappa shape index (κ3) is 8.28. The summed E-state index contributed by atoms with van der Waals surface area (Å²) in [4.78, 5) is 2.54. The van der Waals surface area contributed by atoms with Crippen LogP contribution in [0.1, 0.15) is 47.1 Å². The van der Waals surface area contributed by atoms with Gasteiger partial charge in [-0.05, 0) is 58.6 Å². The van der Waals surface area contributed by atoms with Crippen molar-refractivity contribution in [3.8, 4) is 11.1 Å². The summed E-state index contributed by atoms with van der Waals surface area (Å²) in [6.07, 6.45) is -0.842. The number of benzene rings is 5. The third-order valence-corrected chi connectivity index (χ3v) is 10.3. The second-order valence-corrected chi connectivity index (χ2v) is 14.2. The van der Waals surface area contributed by atoms with Crippen LogP contribution < -0.4 is 4.72 Å². The molecule has 0 radical (unpaired) electrons. The number of nitrogens with zero attached hydrogens (tertiary/aromatic N) is 1. The van der Waals surface area contributed by atoms with Crippen molar-refractivity contribution in [2.45, 2.75) is 50.0 Å². The van der Waals surface area contributed by atoms with E-state index in [4.69, 9.17) is 9.47 Å². The Morgan fingerprint density at radius 3 is 2.04 bits per heavy atom. The smallest absolute Gasteiger partial charge is 0.240 e. The van der Waals surface area contributed by atoms with E-state index in [0.717, 1.165) is 46.5 Å². The van der Waals surface area contributed by atoms with Gasteiger partial charge in [-0.1, -0.05) is 122 Å². The molecule has 1 fully saturated rings. The van der Waals surface area contributed by atoms with Gasteiger partial charge >= 0.3 is 0 Å². The van der Waals surface area contributed by atoms with Crippen LogP contribution in [0.25, 0.3) is 11.1 Å². The van der Waals surface area contributed by atoms with Crippen molar-refractivity contribution in [1.29, 1.82) is 0 Å². The highest BCUT2D eigenvalue weighted by Crippen LogP contribution is 2.42. The summed E-state index contributed by atoms with van der Waals surface area (Å²) < 4.78 is 41.5. The Balaban J connectivity index is 1.19. The number of hydrogen-bond donors (Lipinski definition) is 2. The van der Waals surface area contributed by atoms with Crippen molar-refractivity contribution in [3.05, 3.63) is 161 Å². The zero-order valence-electron chi connectivity index (χ0n) is 27.3. The minimum atomic E-state index is -3.61. The van der Waals surface area contributed by atoms with Crippen molar-refractivity contribution in [2.24, 2.45) is 5.92 Å². The van der Waals surface area contributed by atoms with E-state index in [1.54, 1.807) is 30.3 Å². The van der Waals surface area contributed by atoms with E-state index < -0.39 is 16.3 Å². The highest BCUT2D eigenvalue weighted by Gasteiger charge is 2.38. The van der Waals surface area contributed by atoms with E-state index in [0.29, 0.717) is 0 Å². The van der Waals surface area contributed by atoms with Gasteiger partial charge in [0.05, 0.1) is 23.7 Å². The predicted octanol–water partition coefficient (Wildman–Crippen LogP) is 7.25. The van der Waals surface area contributed by atoms with Gasteiger partial charge in [-0.3, -0.25) is 4.90 Å². The summed E-state index contributed by atoms with van der Waals surface area (Å²) in [6, 6.07) is 42.8. The molecule has 0 spiro atoms. The molecule has 0 aliphatic carbocycles. The van der Waals surface area contributed by atoms with Gasteiger partial charge in [-0.2, -0.15) is 0 Å². The lowest BCUT2D eigenvalue weighted by Crippen LogP contribution is -2.43. The Kier molecular flexibility index (Phi) is 10.8. The Hall–Kier alpha value is -4.15. The van der Waals surface area contributed by atoms with Crippen molar-refractivity contribution >= 4 is 10.0 Å². The van der Waals surface area contributed by atoms with Crippen LogP contribution in [0.15, 0.2) is 138 Å². The van der Waals surface area contributed by atoms with Crippen LogP contribution in [0.5, 0.6) is 0 Å². The SMILES string of the molecule is CC1C(CN(C)Cc2ccccc2)OC(c2ccc(-c3cccc(CNS(=O)(=O)c4ccccc4)c3)cc2)OC1c1ccc(CO)cc1. The molecule has 1 aliphatic heterocycles. The summed E-state index contributed by atoms with van der Waals surface area (Å²) in [5.41, 5.74) is 6.94. The number of ether oxygens (including phenoxy) is 2. The molecule has 0 saturated carbocycles. The minimum Gasteiger partial charge on any atom is -0.392 e. The van der Waals surface area contributed by atoms with Crippen molar-refractivity contribution < 1.29 is 23.0 Å². The van der Waals surface area contributed by atoms with Crippen LogP contribution in [0.3, 0.4) is 0 Å². The normalized spacial score (nSPS) is 19.8. The molecular weight excluding hydrogens is 621 g/mol. The number of likely N-dealkylation sites (N-methyl/N-ethyl adjacent to an activating group) is 1. The number of aliphatic hydroxyl groups is 1. The lowest BCUT2D eigenvalue weighted by molar-refractivity contribution is -0.276. The summed E-state index contributed by atoms with van der Waals surface area (Å²) in [5.74, 6) is 0.0841. The Bertz CT molecular complexity index is 1870. The summed E-state index contributed by atoms with van der Waals surface area (Å²) in [5, 5.41) is 9.58. The van der Waals surface area contributed by atoms with E-state index in [2.05, 4.69) is 60.0 Å². The van der Waals surface area contributed by atoms with E-state index in [-0.39, 0.29) is 36.2 Å². The fraction of sp³-hybridized carbons (Fsp3) is 0.250. The largest absolute Gasteiger partial charge is 0.392 e. The van der Waals surface area contributed by atoms with Crippen LogP contribution >= 0.6 is 0 Å². The summed E-state index contributed by atoms with van der Waals surface area (Å²) in [6.45, 7) is 3.92. The van der Waals surface area contributed by atoms with Gasteiger partial charge in [-0.15, -0.1) is 0 Å². The Morgan fingerprint density at radius 1 is 0.708 bits per heavy atom. The second kappa shape index (κ2) is 15.4. The van der Waals surface area contributed by atoms with Crippen molar-refractivity contribution in [1.82, 2.24) is 9.62 Å². The highest BCUT2D eigenvalue weighted by atomic mass is 32.2. The van der Waals surface area contributed by atoms with Crippen LogP contribution in [0.4, 0.5) is 0 Å². The molecule has 5 aromatic carbocycles. The molecule has 7 nitrogen and oxygen atoms in total. The Morgan fingerprint density at radius 2 is 1.35 bits per heavy atom. The molecule has 6 rings (SSSR count). The molecule has 0 aromatic heterocycles. The third-order valence-electron chi connectivity index (χ3n) is 8.87. The van der Waals surface area contributed by atoms with Crippen LogP contribution in [-0.4, -0.2) is 38.1 Å². The molecule has 5 aromatic rings. The molecule has 4 atom stereocenters. The average molecular weight is 663 g/mol. The van der Waals surface area contributed by atoms with E-state index in [9.17, 15) is 13.5 Å². The summed E-state index contributed by atoms with van der Waals surface area (Å²) >= 11 is 0. The molecule has 1 heterocycles. The van der Waals surface area contributed by atoms with Crippen LogP contribution in [0, 0.1) is 5.92 Å². The maximum atomic E-state index is 12.7. The van der Waals surface area contributed by atoms with Gasteiger partial charge < -0.3 is 14.6 Å². The number of nitrogens with one attached hydrogen (secondary N) is 1. The van der Waals surface area contributed by atoms with Crippen molar-refractivity contribution in [2.75, 3.05) is 13.6 Å². The van der Waals surface area contributed by atoms with Crippen LogP contribution in [0.2, 0.25) is 0 Å². The first-order valence-electron chi connectivity index (χ1n) is 16.3. The zero-order chi connectivity index (χ0) is 33.5. The molecule has 48 heavy (non-hydrogen) atoms. The predicted molar refractivity (Wildman–Crippen MR) is 188 cm³/mol. The lowest BCUT2D eigenvalue weighted by Gasteiger charge is -2.42. The average Bonchev–Trinajstić information content (AvgIpc) is 3.13. The molecule has 8 heteroatoms. The number of hydrogen-bond acceptors (Lipinski definition) is 6. The number of rotatable bonds is 12. The molecule has 0 bridgehead atoms. The monoisotopic (exact) mass is 662 g/mol. The topological polar surface area (TPSA) is 88.1 Å². The number of aliphatic hydroxyl groups excluding tert-OH is 1. The Labute approximate surface area is 283 Å². The molecule has 1 aliphatic rings. The standard InChI is InChI=1S/C40H42N2O5S/c1-29-38(27-42(2)26-30-10-5-3-6-11-30)46-40(47-39(29)34-18-16-31(28-43)17-19-34)35-22-20-33(21-23-35)36-13-9-12-32(24-36)25-41-48(44,45)37-14-7-4-8-15-37/h3-24,29,38-41,43H,25-28H2,1-2H3. The van der Waals surface area contributed by atoms with Gasteiger partial charge in [0.15, 0.2) is 6.29 Å². The minimum absolute atomic E-state index is 0.00143. The zero-order valence-corrected chi connectivity index (χ0v) is 28.1. The molecule has 248 valence electrons. The first-order chi connectivity index (χ1) is 23.3. The second-order valence-electron chi connectivity index (χ2n) is 12.5. The fourth-order valence-corrected chi connectivity index (χ4v) is 7.19. The molecule has 0 amide bonds. The van der Waals surface area contributed by atoms with Crippen molar-refractivity contribution in [3.63, 3.8) is 0 Å². The highest BCUT2D eigenvalue weighted by molar-refractivity contribution is 7.89. The lowest BCUT2D eigenvalue weighted by atomic mass is 9.90. The van der Waals surface area contributed by atoms with E-state index >= 15 is 0 Å². The van der Waals surface area contributed by atoms with E-state index in [1.165, 1.54) is 5.56 Å². The fourth-order valence-electron chi connectivity index (χ4n) is 6.15. The van der Waals surface area contributed by atoms with E-state index in [1.807, 2.05) is 66.7 Å². The molecule has 2 N–H and O–H groups in total. The number of sulfonamides is 1. The first-order valence-corrected chi connectivity index (χ1v) is 17.7. The maximum Gasteiger partial charge on any atom is 0.240 e. The first kappa shape index (κ1) is 33.7. The molecule has 4 unspecified atom stereocenters. The molecular formula is C40H42N2O5S. The van der Waals surface area contributed by atoms with Gasteiger partial charge in [0.1, 0.15) is 0 Å². The van der Waals surface area contributed by atoms with Gasteiger partial charge in [-0.25, -0.2) is 13.1 Å². The summed E-state index contributed by atoms with van der Waals surface area (Å²) in [7, 11) is -1.49. The van der Waals surface area contributed by atoms with Gasteiger partial charge in [0.2, 0.25) is 10.0 Å². The molecule has 1 saturated heterocycles. The quantitative estimate of drug-likeness (QED) is 0.146. The van der Waals surface area contributed by atoms with Gasteiger partial charge in [0.25, 0.3) is 0 Å². The van der Waals surface area contributed by atoms with Crippen LogP contribution in [-0.2, 0) is 39.2 Å². The van der Waals surface area contributed by atoms with Gasteiger partial charge in [0, 0.05) is 31.1 Å². The maximum absolute atomic E-state index is 12.7.